The van der Waals surface area contributed by atoms with Gasteiger partial charge in [-0.25, -0.2) is 0 Å². The van der Waals surface area contributed by atoms with Gasteiger partial charge in [0.05, 0.1) is 12.5 Å². The topological polar surface area (TPSA) is 97.0 Å². The highest BCUT2D eigenvalue weighted by molar-refractivity contribution is 7.80. The molecule has 0 unspecified atom stereocenters. The number of nitrogens with zero attached hydrogens (tertiary/aromatic N) is 1. The van der Waals surface area contributed by atoms with Crippen molar-refractivity contribution in [1.29, 1.82) is 0 Å². The molecule has 2 atom stereocenters. The number of amides is 2. The number of rotatable bonds is 5. The van der Waals surface area contributed by atoms with E-state index in [1.165, 1.54) is 11.0 Å². The summed E-state index contributed by atoms with van der Waals surface area (Å²) in [6, 6.07) is 5.58. The third-order valence-corrected chi connectivity index (χ3v) is 5.28. The molecule has 0 aliphatic carbocycles. The highest BCUT2D eigenvalue weighted by Crippen LogP contribution is 2.15. The van der Waals surface area contributed by atoms with E-state index in [0.717, 1.165) is 12.8 Å². The fraction of sp³-hybridized carbons (Fsp3) is 0.474. The van der Waals surface area contributed by atoms with E-state index in [4.69, 9.17) is 33.3 Å². The van der Waals surface area contributed by atoms with E-state index in [0.29, 0.717) is 30.3 Å². The number of esters is 1. The molecule has 2 amide bonds. The molecule has 2 saturated heterocycles. The normalized spacial score (nSPS) is 21.4. The van der Waals surface area contributed by atoms with Crippen molar-refractivity contribution in [3.63, 3.8) is 0 Å². The van der Waals surface area contributed by atoms with E-state index in [9.17, 15) is 14.4 Å². The second-order valence-corrected chi connectivity index (χ2v) is 7.62. The van der Waals surface area contributed by atoms with Crippen LogP contribution in [0, 0.1) is 0 Å². The standard InChI is InChI=1S/C19H22ClN3O5S/c20-13-4-1-3-12(9-13)17(25)22-19(29)23-7-6-21-18(26)15(23)10-16(24)28-11-14-5-2-8-27-14/h1,3-4,9,14-15H,2,5-8,10-11H2,(H,21,26)(H,22,25,29)/t14-,15+/m0/s1. The van der Waals surface area contributed by atoms with E-state index in [-0.39, 0.29) is 30.2 Å². The molecule has 0 radical (unpaired) electrons. The zero-order valence-electron chi connectivity index (χ0n) is 15.7. The van der Waals surface area contributed by atoms with Gasteiger partial charge in [-0.1, -0.05) is 17.7 Å². The lowest BCUT2D eigenvalue weighted by Gasteiger charge is -2.36. The van der Waals surface area contributed by atoms with Crippen LogP contribution in [0.15, 0.2) is 24.3 Å². The number of hydrogen-bond acceptors (Lipinski definition) is 6. The van der Waals surface area contributed by atoms with Crippen molar-refractivity contribution in [2.45, 2.75) is 31.4 Å². The molecule has 2 aliphatic heterocycles. The van der Waals surface area contributed by atoms with Gasteiger partial charge in [0.1, 0.15) is 12.6 Å². The van der Waals surface area contributed by atoms with Crippen LogP contribution in [-0.2, 0) is 19.1 Å². The number of ether oxygens (including phenoxy) is 2. The molecule has 0 spiro atoms. The predicted molar refractivity (Wildman–Crippen MR) is 110 cm³/mol. The Balaban J connectivity index is 1.59. The molecule has 2 aliphatic rings. The van der Waals surface area contributed by atoms with Crippen molar-refractivity contribution in [2.24, 2.45) is 0 Å². The summed E-state index contributed by atoms with van der Waals surface area (Å²) in [6.07, 6.45) is 1.53. The number of carbonyl (C=O) groups is 3. The van der Waals surface area contributed by atoms with Gasteiger partial charge in [-0.05, 0) is 43.3 Å². The van der Waals surface area contributed by atoms with E-state index in [2.05, 4.69) is 10.6 Å². The van der Waals surface area contributed by atoms with E-state index in [1.54, 1.807) is 18.2 Å². The number of hydrogen-bond donors (Lipinski definition) is 2. The van der Waals surface area contributed by atoms with Gasteiger partial charge in [0.15, 0.2) is 5.11 Å². The third-order valence-electron chi connectivity index (χ3n) is 4.71. The first-order valence-corrected chi connectivity index (χ1v) is 10.1. The maximum Gasteiger partial charge on any atom is 0.308 e. The second-order valence-electron chi connectivity index (χ2n) is 6.79. The van der Waals surface area contributed by atoms with Gasteiger partial charge in [-0.2, -0.15) is 0 Å². The number of nitrogens with one attached hydrogen (secondary N) is 2. The van der Waals surface area contributed by atoms with Crippen LogP contribution >= 0.6 is 23.8 Å². The summed E-state index contributed by atoms with van der Waals surface area (Å²) in [7, 11) is 0. The minimum absolute atomic E-state index is 0.0711. The summed E-state index contributed by atoms with van der Waals surface area (Å²) in [5.41, 5.74) is 0.342. The van der Waals surface area contributed by atoms with Crippen LogP contribution in [0.5, 0.6) is 0 Å². The van der Waals surface area contributed by atoms with Crippen LogP contribution in [0.2, 0.25) is 5.02 Å². The second kappa shape index (κ2) is 10.00. The van der Waals surface area contributed by atoms with Crippen LogP contribution < -0.4 is 10.6 Å². The average Bonchev–Trinajstić information content (AvgIpc) is 3.21. The Morgan fingerprint density at radius 3 is 2.97 bits per heavy atom. The highest BCUT2D eigenvalue weighted by atomic mass is 35.5. The lowest BCUT2D eigenvalue weighted by molar-refractivity contribution is -0.150. The zero-order valence-corrected chi connectivity index (χ0v) is 17.3. The molecule has 1 aromatic rings. The summed E-state index contributed by atoms with van der Waals surface area (Å²) in [4.78, 5) is 38.5. The quantitative estimate of drug-likeness (QED) is 0.526. The Kier molecular flexibility index (Phi) is 7.40. The fourth-order valence-corrected chi connectivity index (χ4v) is 3.71. The molecule has 8 nitrogen and oxygen atoms in total. The number of piperazine rings is 1. The molecular formula is C19H22ClN3O5S. The largest absolute Gasteiger partial charge is 0.463 e. The van der Waals surface area contributed by atoms with Gasteiger partial charge in [0, 0.05) is 30.3 Å². The van der Waals surface area contributed by atoms with E-state index >= 15 is 0 Å². The van der Waals surface area contributed by atoms with Gasteiger partial charge in [0.2, 0.25) is 5.91 Å². The summed E-state index contributed by atoms with van der Waals surface area (Å²) < 4.78 is 10.7. The van der Waals surface area contributed by atoms with Crippen molar-refractivity contribution in [2.75, 3.05) is 26.3 Å². The lowest BCUT2D eigenvalue weighted by atomic mass is 10.1. The van der Waals surface area contributed by atoms with Crippen molar-refractivity contribution < 1.29 is 23.9 Å². The van der Waals surface area contributed by atoms with Gasteiger partial charge < -0.3 is 19.7 Å². The molecule has 156 valence electrons. The zero-order chi connectivity index (χ0) is 20.8. The van der Waals surface area contributed by atoms with Crippen LogP contribution in [-0.4, -0.2) is 66.2 Å². The Hall–Kier alpha value is -2.23. The molecule has 2 fully saturated rings. The van der Waals surface area contributed by atoms with Crippen LogP contribution in [0.1, 0.15) is 29.6 Å². The summed E-state index contributed by atoms with van der Waals surface area (Å²) >= 11 is 11.2. The average molecular weight is 440 g/mol. The molecule has 1 aromatic carbocycles. The number of thiocarbonyl (C=S) groups is 1. The molecule has 0 aromatic heterocycles. The van der Waals surface area contributed by atoms with Crippen LogP contribution in [0.25, 0.3) is 0 Å². The minimum atomic E-state index is -0.854. The third kappa shape index (κ3) is 5.88. The number of carbonyl (C=O) groups excluding carboxylic acids is 3. The van der Waals surface area contributed by atoms with E-state index in [1.807, 2.05) is 0 Å². The molecule has 29 heavy (non-hydrogen) atoms. The molecule has 2 heterocycles. The number of benzene rings is 1. The van der Waals surface area contributed by atoms with Crippen molar-refractivity contribution in [3.05, 3.63) is 34.9 Å². The summed E-state index contributed by atoms with van der Waals surface area (Å²) in [6.45, 7) is 1.56. The Labute approximate surface area is 178 Å². The van der Waals surface area contributed by atoms with Crippen LogP contribution in [0.3, 0.4) is 0 Å². The maximum absolute atomic E-state index is 12.4. The smallest absolute Gasteiger partial charge is 0.308 e. The first kappa shape index (κ1) is 21.5. The molecule has 0 bridgehead atoms. The molecule has 3 rings (SSSR count). The van der Waals surface area contributed by atoms with E-state index < -0.39 is 17.9 Å². The first-order valence-electron chi connectivity index (χ1n) is 9.36. The van der Waals surface area contributed by atoms with Gasteiger partial charge in [-0.15, -0.1) is 0 Å². The summed E-state index contributed by atoms with van der Waals surface area (Å²) in [5, 5.41) is 5.81. The first-order chi connectivity index (χ1) is 13.9. The molecule has 2 N–H and O–H groups in total. The SMILES string of the molecule is O=C(C[C@@H]1C(=O)NCCN1C(=S)NC(=O)c1cccc(Cl)c1)OC[C@@H]1CCCO1. The lowest BCUT2D eigenvalue weighted by Crippen LogP contribution is -2.60. The van der Waals surface area contributed by atoms with Gasteiger partial charge in [-0.3, -0.25) is 19.7 Å². The van der Waals surface area contributed by atoms with Crippen LogP contribution in [0.4, 0.5) is 0 Å². The monoisotopic (exact) mass is 439 g/mol. The fourth-order valence-electron chi connectivity index (χ4n) is 3.21. The summed E-state index contributed by atoms with van der Waals surface area (Å²) in [5.74, 6) is -1.30. The minimum Gasteiger partial charge on any atom is -0.463 e. The number of halogens is 1. The Morgan fingerprint density at radius 1 is 1.41 bits per heavy atom. The van der Waals surface area contributed by atoms with Crippen molar-refractivity contribution >= 4 is 46.7 Å². The van der Waals surface area contributed by atoms with Gasteiger partial charge >= 0.3 is 5.97 Å². The Morgan fingerprint density at radius 2 is 2.24 bits per heavy atom. The Bertz CT molecular complexity index is 800. The van der Waals surface area contributed by atoms with Crippen molar-refractivity contribution in [1.82, 2.24) is 15.5 Å². The maximum atomic E-state index is 12.4. The molecule has 10 heteroatoms. The van der Waals surface area contributed by atoms with Crippen molar-refractivity contribution in [3.8, 4) is 0 Å². The highest BCUT2D eigenvalue weighted by Gasteiger charge is 2.34. The molecule has 0 saturated carbocycles. The van der Waals surface area contributed by atoms with Gasteiger partial charge in [0.25, 0.3) is 5.91 Å². The predicted octanol–water partition coefficient (Wildman–Crippen LogP) is 1.27. The molecular weight excluding hydrogens is 418 g/mol.